The van der Waals surface area contributed by atoms with Crippen molar-refractivity contribution in [3.8, 4) is 40.3 Å². The van der Waals surface area contributed by atoms with Gasteiger partial charge in [-0.05, 0) is 90.0 Å². The zero-order chi connectivity index (χ0) is 36.6. The van der Waals surface area contributed by atoms with E-state index in [1.54, 1.807) is 0 Å². The summed E-state index contributed by atoms with van der Waals surface area (Å²) in [5.41, 5.74) is 12.6. The molecule has 0 N–H and O–H groups in total. The highest BCUT2D eigenvalue weighted by atomic mass is 15.0. The van der Waals surface area contributed by atoms with Crippen LogP contribution in [-0.2, 0) is 0 Å². The van der Waals surface area contributed by atoms with Gasteiger partial charge in [-0.25, -0.2) is 0 Å². The second kappa shape index (κ2) is 11.8. The average Bonchev–Trinajstić information content (AvgIpc) is 3.88. The van der Waals surface area contributed by atoms with Crippen LogP contribution in [0.3, 0.4) is 0 Å². The van der Waals surface area contributed by atoms with Crippen LogP contribution < -0.4 is 0 Å². The van der Waals surface area contributed by atoms with Crippen LogP contribution in [0.25, 0.3) is 93.6 Å². The van der Waals surface area contributed by atoms with Gasteiger partial charge >= 0.3 is 0 Å². The molecule has 8 aromatic carbocycles. The van der Waals surface area contributed by atoms with Crippen LogP contribution in [0.15, 0.2) is 176 Å². The fourth-order valence-electron chi connectivity index (χ4n) is 8.73. The molecule has 0 fully saturated rings. The lowest BCUT2D eigenvalue weighted by molar-refractivity contribution is 1.16. The predicted molar refractivity (Wildman–Crippen MR) is 224 cm³/mol. The summed E-state index contributed by atoms with van der Waals surface area (Å²) >= 11 is 0. The van der Waals surface area contributed by atoms with Gasteiger partial charge in [-0.2, -0.15) is 10.5 Å². The van der Waals surface area contributed by atoms with Gasteiger partial charge in [0.1, 0.15) is 0 Å². The van der Waals surface area contributed by atoms with Crippen molar-refractivity contribution in [2.24, 2.45) is 0 Å². The van der Waals surface area contributed by atoms with Crippen molar-refractivity contribution in [2.45, 2.75) is 0 Å². The average molecular weight is 700 g/mol. The molecule has 0 saturated heterocycles. The number of aromatic nitrogens is 3. The Labute approximate surface area is 316 Å². The molecule has 0 aliphatic carbocycles. The minimum Gasteiger partial charge on any atom is -0.309 e. The highest BCUT2D eigenvalue weighted by Gasteiger charge is 2.18. The van der Waals surface area contributed by atoms with Crippen molar-refractivity contribution in [1.82, 2.24) is 13.7 Å². The molecular formula is C50H29N5. The molecule has 0 saturated carbocycles. The molecule has 254 valence electrons. The third kappa shape index (κ3) is 4.51. The summed E-state index contributed by atoms with van der Waals surface area (Å²) in [5.74, 6) is 0. The highest BCUT2D eigenvalue weighted by Crippen LogP contribution is 2.39. The van der Waals surface area contributed by atoms with E-state index in [0.717, 1.165) is 61.0 Å². The second-order valence-electron chi connectivity index (χ2n) is 14.0. The number of nitriles is 2. The molecule has 0 spiro atoms. The minimum atomic E-state index is 0.579. The van der Waals surface area contributed by atoms with Gasteiger partial charge < -0.3 is 13.7 Å². The fraction of sp³-hybridized carbons (Fsp3) is 0. The van der Waals surface area contributed by atoms with Gasteiger partial charge in [-0.1, -0.05) is 97.1 Å². The molecule has 3 aromatic heterocycles. The van der Waals surface area contributed by atoms with Crippen LogP contribution in [0.5, 0.6) is 0 Å². The number of hydrogen-bond acceptors (Lipinski definition) is 2. The largest absolute Gasteiger partial charge is 0.309 e. The molecule has 5 heteroatoms. The molecule has 3 heterocycles. The molecule has 55 heavy (non-hydrogen) atoms. The highest BCUT2D eigenvalue weighted by molar-refractivity contribution is 6.13. The van der Waals surface area contributed by atoms with Gasteiger partial charge in [0, 0.05) is 49.4 Å². The lowest BCUT2D eigenvalue weighted by Gasteiger charge is -2.14. The van der Waals surface area contributed by atoms with E-state index in [-0.39, 0.29) is 0 Å². The Morgan fingerprint density at radius 1 is 0.327 bits per heavy atom. The van der Waals surface area contributed by atoms with Crippen LogP contribution >= 0.6 is 0 Å². The zero-order valence-electron chi connectivity index (χ0n) is 29.5. The van der Waals surface area contributed by atoms with Crippen molar-refractivity contribution < 1.29 is 0 Å². The Hall–Kier alpha value is -7.86. The van der Waals surface area contributed by atoms with Crippen molar-refractivity contribution in [3.63, 3.8) is 0 Å². The Kier molecular flexibility index (Phi) is 6.61. The van der Waals surface area contributed by atoms with Gasteiger partial charge in [0.05, 0.1) is 56.4 Å². The molecule has 0 aliphatic heterocycles. The topological polar surface area (TPSA) is 62.4 Å². The second-order valence-corrected chi connectivity index (χ2v) is 14.0. The molecule has 0 radical (unpaired) electrons. The Morgan fingerprint density at radius 2 is 0.818 bits per heavy atom. The summed E-state index contributed by atoms with van der Waals surface area (Å²) in [6.07, 6.45) is 0. The Morgan fingerprint density at radius 3 is 1.42 bits per heavy atom. The number of para-hydroxylation sites is 4. The normalized spacial score (nSPS) is 11.6. The van der Waals surface area contributed by atoms with E-state index in [2.05, 4.69) is 159 Å². The molecule has 5 nitrogen and oxygen atoms in total. The predicted octanol–water partition coefficient (Wildman–Crippen LogP) is 12.4. The lowest BCUT2D eigenvalue weighted by Crippen LogP contribution is -1.98. The molecule has 0 bridgehead atoms. The van der Waals surface area contributed by atoms with Crippen LogP contribution in [-0.4, -0.2) is 13.7 Å². The SMILES string of the molecule is N#Cc1ccc2c3ccccc3n(-c3ccc(-c4cccc(-n5c6ccccc6c6cc(-n7c8ccccc8c8ccccc87)ccc65)c4)c(C#N)c3)c2c1. The first-order valence-corrected chi connectivity index (χ1v) is 18.3. The molecule has 0 aliphatic rings. The molecular weight excluding hydrogens is 671 g/mol. The van der Waals surface area contributed by atoms with E-state index in [1.807, 2.05) is 42.5 Å². The van der Waals surface area contributed by atoms with Gasteiger partial charge in [0.15, 0.2) is 0 Å². The molecule has 0 amide bonds. The van der Waals surface area contributed by atoms with Crippen molar-refractivity contribution >= 4 is 65.4 Å². The third-order valence-electron chi connectivity index (χ3n) is 11.1. The van der Waals surface area contributed by atoms with Gasteiger partial charge in [-0.3, -0.25) is 0 Å². The smallest absolute Gasteiger partial charge is 0.0998 e. The maximum absolute atomic E-state index is 10.6. The van der Waals surface area contributed by atoms with Crippen LogP contribution in [0.1, 0.15) is 11.1 Å². The first-order valence-electron chi connectivity index (χ1n) is 18.3. The summed E-state index contributed by atoms with van der Waals surface area (Å²) in [5, 5.41) is 27.3. The van der Waals surface area contributed by atoms with Crippen molar-refractivity contribution in [1.29, 1.82) is 10.5 Å². The van der Waals surface area contributed by atoms with E-state index >= 15 is 0 Å². The quantitative estimate of drug-likeness (QED) is 0.184. The van der Waals surface area contributed by atoms with Crippen molar-refractivity contribution in [3.05, 3.63) is 187 Å². The van der Waals surface area contributed by atoms with Gasteiger partial charge in [-0.15, -0.1) is 0 Å². The van der Waals surface area contributed by atoms with Gasteiger partial charge in [0.25, 0.3) is 0 Å². The van der Waals surface area contributed by atoms with Crippen LogP contribution in [0.4, 0.5) is 0 Å². The molecule has 11 rings (SSSR count). The monoisotopic (exact) mass is 699 g/mol. The number of fused-ring (bicyclic) bond motifs is 9. The minimum absolute atomic E-state index is 0.579. The number of rotatable bonds is 4. The van der Waals surface area contributed by atoms with E-state index in [1.165, 1.54) is 32.6 Å². The van der Waals surface area contributed by atoms with E-state index in [4.69, 9.17) is 0 Å². The van der Waals surface area contributed by atoms with E-state index in [0.29, 0.717) is 11.1 Å². The molecule has 0 unspecified atom stereocenters. The summed E-state index contributed by atoms with van der Waals surface area (Å²) in [6.45, 7) is 0. The maximum atomic E-state index is 10.6. The third-order valence-corrected chi connectivity index (χ3v) is 11.1. The van der Waals surface area contributed by atoms with E-state index in [9.17, 15) is 10.5 Å². The number of nitrogens with zero attached hydrogens (tertiary/aromatic N) is 5. The first-order chi connectivity index (χ1) is 27.2. The molecule has 0 atom stereocenters. The number of hydrogen-bond donors (Lipinski definition) is 0. The Balaban J connectivity index is 1.06. The Bertz CT molecular complexity index is 3420. The molecule has 11 aromatic rings. The zero-order valence-corrected chi connectivity index (χ0v) is 29.5. The number of benzene rings is 8. The summed E-state index contributed by atoms with van der Waals surface area (Å²) in [6, 6.07) is 66.0. The summed E-state index contributed by atoms with van der Waals surface area (Å²) in [4.78, 5) is 0. The lowest BCUT2D eigenvalue weighted by atomic mass is 9.99. The van der Waals surface area contributed by atoms with Crippen LogP contribution in [0, 0.1) is 22.7 Å². The van der Waals surface area contributed by atoms with Crippen LogP contribution in [0.2, 0.25) is 0 Å². The first kappa shape index (κ1) is 30.7. The fourth-order valence-corrected chi connectivity index (χ4v) is 8.73. The van der Waals surface area contributed by atoms with Crippen molar-refractivity contribution in [2.75, 3.05) is 0 Å². The van der Waals surface area contributed by atoms with E-state index < -0.39 is 0 Å². The summed E-state index contributed by atoms with van der Waals surface area (Å²) < 4.78 is 6.85. The standard InChI is InChI=1S/C50H29N5/c51-30-32-20-23-43-41-14-3-7-18-47(41)55(50(43)26-32)36-21-24-38(34(28-36)31-52)33-10-9-11-35(27-33)53-48-19-8-4-15-42(48)44-29-37(22-25-49(44)53)54-45-16-5-1-12-39(45)40-13-2-6-17-46(40)54/h1-29H. The maximum Gasteiger partial charge on any atom is 0.0998 e. The summed E-state index contributed by atoms with van der Waals surface area (Å²) in [7, 11) is 0. The van der Waals surface area contributed by atoms with Gasteiger partial charge in [0.2, 0.25) is 0 Å².